The van der Waals surface area contributed by atoms with E-state index < -0.39 is 39.6 Å². The van der Waals surface area contributed by atoms with Crippen molar-refractivity contribution in [3.63, 3.8) is 0 Å². The van der Waals surface area contributed by atoms with Gasteiger partial charge in [-0.1, -0.05) is 43.2 Å². The zero-order chi connectivity index (χ0) is 36.5. The summed E-state index contributed by atoms with van der Waals surface area (Å²) in [7, 11) is -1.44. The number of halogens is 1. The highest BCUT2D eigenvalue weighted by Crippen LogP contribution is 2.57. The molecule has 0 radical (unpaired) electrons. The number of para-hydroxylation sites is 2. The molecule has 2 aromatic carbocycles. The zero-order valence-electron chi connectivity index (χ0n) is 29.8. The molecule has 3 aromatic rings. The van der Waals surface area contributed by atoms with Gasteiger partial charge in [-0.05, 0) is 87.3 Å². The summed E-state index contributed by atoms with van der Waals surface area (Å²) in [5.41, 5.74) is 1.92. The quantitative estimate of drug-likeness (QED) is 0.320. The van der Waals surface area contributed by atoms with Crippen molar-refractivity contribution >= 4 is 38.8 Å². The highest BCUT2D eigenvalue weighted by Gasteiger charge is 2.61. The zero-order valence-corrected chi connectivity index (χ0v) is 30.6. The lowest BCUT2D eigenvalue weighted by Crippen LogP contribution is -2.47. The van der Waals surface area contributed by atoms with Gasteiger partial charge in [-0.25, -0.2) is 9.11 Å². The molecule has 0 spiro atoms. The minimum absolute atomic E-state index is 0.137. The molecule has 1 aliphatic carbocycles. The number of ketones is 1. The summed E-state index contributed by atoms with van der Waals surface area (Å²) in [5.74, 6) is -2.42. The molecule has 13 heteroatoms. The number of fused-ring (bicyclic) bond motifs is 3. The van der Waals surface area contributed by atoms with Crippen molar-refractivity contribution in [2.45, 2.75) is 90.3 Å². The third-order valence-electron chi connectivity index (χ3n) is 10.6. The SMILES string of the molecule is CCn1c(O[C@@H]2C[C@H]3C(=O)C[C@]4(C(=O)NS(=O)(=O)N(C)C)C[C@@H]4/C=C\CCCCC[C@H](Cc4cc(C)cc(F)c4)C(=O)N3C2)nc2ccccc21. The van der Waals surface area contributed by atoms with Crippen molar-refractivity contribution in [3.05, 3.63) is 71.6 Å². The fourth-order valence-corrected chi connectivity index (χ4v) is 8.37. The number of nitrogens with zero attached hydrogens (tertiary/aromatic N) is 4. The Morgan fingerprint density at radius 1 is 1.14 bits per heavy atom. The molecule has 274 valence electrons. The van der Waals surface area contributed by atoms with Gasteiger partial charge in [-0.3, -0.25) is 19.0 Å². The van der Waals surface area contributed by atoms with Gasteiger partial charge in [0, 0.05) is 39.4 Å². The number of carbonyl (C=O) groups excluding carboxylic acids is 3. The van der Waals surface area contributed by atoms with Gasteiger partial charge in [-0.15, -0.1) is 0 Å². The van der Waals surface area contributed by atoms with Gasteiger partial charge in [0.1, 0.15) is 11.9 Å². The standard InChI is InChI=1S/C38H48FN5O6S/c1-5-43-32-16-12-11-15-31(32)40-37(43)50-30-21-33-34(45)23-38(36(47)41-51(48,49)42(3)4)22-28(38)14-10-8-6-7-9-13-27(35(46)44(33)24-30)19-26-17-25(2)18-29(39)20-26/h10-12,14-18,20,27-28,30,33H,5-9,13,19,21-24H2,1-4H3,(H,41,47)/b14-10-/t27-,28+,30-,33+,38-/m1/s1. The summed E-state index contributed by atoms with van der Waals surface area (Å²) in [4.78, 5) is 49.1. The van der Waals surface area contributed by atoms with Crippen LogP contribution in [0.1, 0.15) is 69.4 Å². The minimum atomic E-state index is -4.09. The van der Waals surface area contributed by atoms with Crippen LogP contribution in [-0.4, -0.2) is 77.6 Å². The molecule has 0 bridgehead atoms. The smallest absolute Gasteiger partial charge is 0.303 e. The highest BCUT2D eigenvalue weighted by molar-refractivity contribution is 7.87. The van der Waals surface area contributed by atoms with E-state index in [0.29, 0.717) is 31.8 Å². The van der Waals surface area contributed by atoms with Crippen LogP contribution in [0.5, 0.6) is 6.01 Å². The number of imidazole rings is 1. The summed E-state index contributed by atoms with van der Waals surface area (Å²) in [6.07, 6.45) is 7.85. The molecule has 1 aromatic heterocycles. The molecule has 11 nitrogen and oxygen atoms in total. The maximum absolute atomic E-state index is 14.6. The van der Waals surface area contributed by atoms with Crippen LogP contribution in [0.3, 0.4) is 0 Å². The second-order valence-corrected chi connectivity index (χ2v) is 16.4. The number of Topliss-reactive ketones (excluding diaryl/α,β-unsaturated/α-hetero) is 1. The van der Waals surface area contributed by atoms with E-state index in [2.05, 4.69) is 4.72 Å². The Morgan fingerprint density at radius 3 is 2.67 bits per heavy atom. The number of benzene rings is 2. The van der Waals surface area contributed by atoms with E-state index in [1.165, 1.54) is 26.2 Å². The van der Waals surface area contributed by atoms with Gasteiger partial charge in [0.05, 0.1) is 29.0 Å². The predicted molar refractivity (Wildman–Crippen MR) is 191 cm³/mol. The molecule has 1 saturated heterocycles. The van der Waals surface area contributed by atoms with E-state index in [-0.39, 0.29) is 42.8 Å². The molecule has 5 atom stereocenters. The first-order valence-corrected chi connectivity index (χ1v) is 19.4. The molecule has 1 N–H and O–H groups in total. The largest absolute Gasteiger partial charge is 0.459 e. The number of allylic oxidation sites excluding steroid dienone is 2. The number of aromatic nitrogens is 2. The summed E-state index contributed by atoms with van der Waals surface area (Å²) in [6, 6.07) is 12.0. The molecule has 6 rings (SSSR count). The molecular formula is C38H48FN5O6S. The van der Waals surface area contributed by atoms with Crippen molar-refractivity contribution < 1.29 is 31.9 Å². The Kier molecular flexibility index (Phi) is 10.7. The van der Waals surface area contributed by atoms with Crippen molar-refractivity contribution in [1.29, 1.82) is 0 Å². The summed E-state index contributed by atoms with van der Waals surface area (Å²) >= 11 is 0. The number of rotatable bonds is 8. The van der Waals surface area contributed by atoms with Crippen molar-refractivity contribution in [2.24, 2.45) is 17.3 Å². The maximum atomic E-state index is 14.6. The predicted octanol–water partition coefficient (Wildman–Crippen LogP) is 5.12. The Hall–Kier alpha value is -4.10. The Morgan fingerprint density at radius 2 is 1.92 bits per heavy atom. The monoisotopic (exact) mass is 721 g/mol. The van der Waals surface area contributed by atoms with E-state index >= 15 is 0 Å². The number of ether oxygens (including phenoxy) is 1. The van der Waals surface area contributed by atoms with Gasteiger partial charge >= 0.3 is 10.2 Å². The molecule has 51 heavy (non-hydrogen) atoms. The van der Waals surface area contributed by atoms with Crippen LogP contribution in [0.4, 0.5) is 4.39 Å². The van der Waals surface area contributed by atoms with E-state index in [1.807, 2.05) is 60.9 Å². The van der Waals surface area contributed by atoms with Gasteiger partial charge in [0.15, 0.2) is 5.78 Å². The van der Waals surface area contributed by atoms with Crippen molar-refractivity contribution in [1.82, 2.24) is 23.5 Å². The highest BCUT2D eigenvalue weighted by atomic mass is 32.2. The Balaban J connectivity index is 1.34. The third-order valence-corrected chi connectivity index (χ3v) is 12.0. The number of carbonyl (C=O) groups is 3. The van der Waals surface area contributed by atoms with Gasteiger partial charge in [0.25, 0.3) is 6.01 Å². The number of amides is 2. The maximum Gasteiger partial charge on any atom is 0.303 e. The van der Waals surface area contributed by atoms with Crippen LogP contribution < -0.4 is 9.46 Å². The summed E-state index contributed by atoms with van der Waals surface area (Å²) in [5, 5.41) is 0. The van der Waals surface area contributed by atoms with Crippen molar-refractivity contribution in [2.75, 3.05) is 20.6 Å². The molecule has 3 heterocycles. The van der Waals surface area contributed by atoms with Crippen LogP contribution in [0.25, 0.3) is 11.0 Å². The first-order chi connectivity index (χ1) is 24.3. The molecular weight excluding hydrogens is 674 g/mol. The first kappa shape index (κ1) is 36.7. The van der Waals surface area contributed by atoms with E-state index in [4.69, 9.17) is 9.72 Å². The lowest BCUT2D eigenvalue weighted by molar-refractivity contribution is -0.142. The summed E-state index contributed by atoms with van der Waals surface area (Å²) < 4.78 is 51.4. The topological polar surface area (TPSA) is 131 Å². The van der Waals surface area contributed by atoms with Crippen LogP contribution in [0, 0.1) is 30.0 Å². The van der Waals surface area contributed by atoms with E-state index in [9.17, 15) is 27.2 Å². The molecule has 2 amide bonds. The molecule has 2 aliphatic heterocycles. The lowest BCUT2D eigenvalue weighted by Gasteiger charge is -2.29. The Bertz CT molecular complexity index is 1920. The van der Waals surface area contributed by atoms with Crippen LogP contribution >= 0.6 is 0 Å². The van der Waals surface area contributed by atoms with Crippen LogP contribution in [-0.2, 0) is 37.6 Å². The van der Waals surface area contributed by atoms with Crippen LogP contribution in [0.2, 0.25) is 0 Å². The van der Waals surface area contributed by atoms with Gasteiger partial charge < -0.3 is 9.64 Å². The lowest BCUT2D eigenvalue weighted by atomic mass is 9.89. The first-order valence-electron chi connectivity index (χ1n) is 17.9. The number of nitrogens with one attached hydrogen (secondary N) is 1. The number of hydrogen-bond donors (Lipinski definition) is 1. The second kappa shape index (κ2) is 14.9. The minimum Gasteiger partial charge on any atom is -0.459 e. The Labute approximate surface area is 299 Å². The molecule has 0 unspecified atom stereocenters. The fourth-order valence-electron chi connectivity index (χ4n) is 7.75. The van der Waals surface area contributed by atoms with Crippen LogP contribution in [0.15, 0.2) is 54.6 Å². The molecule has 3 aliphatic rings. The normalized spacial score (nSPS) is 26.7. The second-order valence-electron chi connectivity index (χ2n) is 14.5. The average molecular weight is 722 g/mol. The van der Waals surface area contributed by atoms with Crippen molar-refractivity contribution in [3.8, 4) is 6.01 Å². The number of hydrogen-bond acceptors (Lipinski definition) is 7. The van der Waals surface area contributed by atoms with E-state index in [0.717, 1.165) is 52.1 Å². The molecule has 1 saturated carbocycles. The number of aryl methyl sites for hydroxylation is 2. The fraction of sp³-hybridized carbons (Fsp3) is 0.526. The third kappa shape index (κ3) is 7.89. The van der Waals surface area contributed by atoms with Gasteiger partial charge in [0.2, 0.25) is 11.8 Å². The molecule has 2 fully saturated rings. The van der Waals surface area contributed by atoms with E-state index in [1.54, 1.807) is 4.90 Å². The summed E-state index contributed by atoms with van der Waals surface area (Å²) in [6.45, 7) is 4.55. The van der Waals surface area contributed by atoms with Gasteiger partial charge in [-0.2, -0.15) is 17.7 Å². The average Bonchev–Trinajstić information content (AvgIpc) is 3.41.